The fraction of sp³-hybridized carbons (Fsp3) is 0.353. The monoisotopic (exact) mass is 367 g/mol. The average molecular weight is 367 g/mol. The molecule has 5 nitrogen and oxygen atoms in total. The molecule has 1 heterocycles. The molecule has 0 atom stereocenters. The summed E-state index contributed by atoms with van der Waals surface area (Å²) in [4.78, 5) is 30.3. The fourth-order valence-electron chi connectivity index (χ4n) is 2.30. The van der Waals surface area contributed by atoms with Crippen molar-refractivity contribution in [3.8, 4) is 0 Å². The van der Waals surface area contributed by atoms with Gasteiger partial charge in [0.05, 0.1) is 0 Å². The molecular weight excluding hydrogens is 348 g/mol. The molecule has 1 aromatic carbocycles. The van der Waals surface area contributed by atoms with Crippen molar-refractivity contribution in [3.63, 3.8) is 0 Å². The topological polar surface area (TPSA) is 62.3 Å². The first-order valence-corrected chi connectivity index (χ1v) is 8.84. The summed E-state index contributed by atoms with van der Waals surface area (Å²) in [6.07, 6.45) is 1.68. The van der Waals surface area contributed by atoms with Crippen molar-refractivity contribution in [2.45, 2.75) is 26.7 Å². The summed E-state index contributed by atoms with van der Waals surface area (Å²) in [6.45, 7) is 5.24. The molecule has 0 aliphatic rings. The molecule has 0 saturated heterocycles. The first kappa shape index (κ1) is 19.0. The number of amides is 2. The van der Waals surface area contributed by atoms with Gasteiger partial charge in [-0.05, 0) is 25.0 Å². The van der Waals surface area contributed by atoms with Crippen molar-refractivity contribution in [2.75, 3.05) is 18.4 Å². The molecular formula is C17H19F2N3O2S. The highest BCUT2D eigenvalue weighted by Gasteiger charge is 2.18. The van der Waals surface area contributed by atoms with Crippen LogP contribution in [0, 0.1) is 11.6 Å². The van der Waals surface area contributed by atoms with Gasteiger partial charge >= 0.3 is 0 Å². The Balaban J connectivity index is 2.10. The van der Waals surface area contributed by atoms with E-state index in [1.165, 1.54) is 0 Å². The highest BCUT2D eigenvalue weighted by Crippen LogP contribution is 2.19. The Morgan fingerprint density at radius 2 is 1.72 bits per heavy atom. The fourth-order valence-corrected chi connectivity index (χ4v) is 2.98. The Kier molecular flexibility index (Phi) is 6.58. The second-order valence-electron chi connectivity index (χ2n) is 5.44. The van der Waals surface area contributed by atoms with Crippen molar-refractivity contribution >= 4 is 28.3 Å². The Morgan fingerprint density at radius 1 is 1.12 bits per heavy atom. The van der Waals surface area contributed by atoms with Gasteiger partial charge in [0.25, 0.3) is 11.8 Å². The van der Waals surface area contributed by atoms with Crippen molar-refractivity contribution < 1.29 is 18.4 Å². The van der Waals surface area contributed by atoms with E-state index in [4.69, 9.17) is 0 Å². The summed E-state index contributed by atoms with van der Waals surface area (Å²) in [5, 5.41) is 4.21. The van der Waals surface area contributed by atoms with Crippen LogP contribution in [-0.2, 0) is 0 Å². The predicted octanol–water partition coefficient (Wildman–Crippen LogP) is 3.94. The highest BCUT2D eigenvalue weighted by molar-refractivity contribution is 7.14. The first-order valence-electron chi connectivity index (χ1n) is 7.96. The van der Waals surface area contributed by atoms with E-state index in [-0.39, 0.29) is 22.3 Å². The summed E-state index contributed by atoms with van der Waals surface area (Å²) in [7, 11) is 0. The normalized spacial score (nSPS) is 10.6. The molecule has 0 saturated carbocycles. The molecule has 2 amide bonds. The number of anilines is 1. The Labute approximate surface area is 148 Å². The van der Waals surface area contributed by atoms with Crippen molar-refractivity contribution in [1.82, 2.24) is 9.88 Å². The van der Waals surface area contributed by atoms with E-state index >= 15 is 0 Å². The van der Waals surface area contributed by atoms with E-state index in [1.54, 1.807) is 10.3 Å². The van der Waals surface area contributed by atoms with Gasteiger partial charge in [0.15, 0.2) is 5.13 Å². The van der Waals surface area contributed by atoms with E-state index in [0.717, 1.165) is 36.3 Å². The lowest BCUT2D eigenvalue weighted by molar-refractivity contribution is 0.0750. The Morgan fingerprint density at radius 3 is 2.28 bits per heavy atom. The largest absolute Gasteiger partial charge is 0.337 e. The van der Waals surface area contributed by atoms with E-state index in [1.807, 2.05) is 13.8 Å². The predicted molar refractivity (Wildman–Crippen MR) is 92.9 cm³/mol. The van der Waals surface area contributed by atoms with Crippen LogP contribution in [0.3, 0.4) is 0 Å². The van der Waals surface area contributed by atoms with Gasteiger partial charge in [-0.25, -0.2) is 13.8 Å². The number of halogens is 2. The van der Waals surface area contributed by atoms with E-state index < -0.39 is 17.5 Å². The van der Waals surface area contributed by atoms with Crippen LogP contribution < -0.4 is 5.32 Å². The van der Waals surface area contributed by atoms with Gasteiger partial charge in [-0.2, -0.15) is 0 Å². The molecule has 2 rings (SSSR count). The molecule has 0 radical (unpaired) electrons. The first-order chi connectivity index (χ1) is 11.9. The van der Waals surface area contributed by atoms with Crippen LogP contribution in [-0.4, -0.2) is 34.8 Å². The third kappa shape index (κ3) is 5.06. The van der Waals surface area contributed by atoms with Crippen LogP contribution in [0.5, 0.6) is 0 Å². The van der Waals surface area contributed by atoms with E-state index in [9.17, 15) is 18.4 Å². The molecule has 0 fully saturated rings. The van der Waals surface area contributed by atoms with E-state index in [0.29, 0.717) is 19.2 Å². The number of hydrogen-bond donors (Lipinski definition) is 1. The molecule has 0 aliphatic carbocycles. The highest BCUT2D eigenvalue weighted by atomic mass is 32.1. The number of aromatic nitrogens is 1. The number of nitrogens with zero attached hydrogens (tertiary/aromatic N) is 2. The van der Waals surface area contributed by atoms with Gasteiger partial charge in [-0.1, -0.05) is 13.8 Å². The van der Waals surface area contributed by atoms with Gasteiger partial charge in [0.2, 0.25) is 0 Å². The molecule has 8 heteroatoms. The van der Waals surface area contributed by atoms with Gasteiger partial charge in [-0.15, -0.1) is 11.3 Å². The molecule has 0 bridgehead atoms. The molecule has 25 heavy (non-hydrogen) atoms. The summed E-state index contributed by atoms with van der Waals surface area (Å²) in [5.74, 6) is -2.56. The zero-order valence-corrected chi connectivity index (χ0v) is 14.8. The number of carbonyl (C=O) groups is 2. The maximum atomic E-state index is 13.2. The van der Waals surface area contributed by atoms with Crippen LogP contribution in [0.15, 0.2) is 23.6 Å². The van der Waals surface area contributed by atoms with Gasteiger partial charge in [-0.3, -0.25) is 14.9 Å². The van der Waals surface area contributed by atoms with Crippen molar-refractivity contribution in [2.24, 2.45) is 0 Å². The number of rotatable bonds is 7. The molecule has 2 aromatic rings. The standard InChI is InChI=1S/C17H19F2N3O2S/c1-3-5-22(6-4-2)16(24)14-10-25-17(20-14)21-15(23)11-7-12(18)9-13(19)8-11/h7-10H,3-6H2,1-2H3,(H,20,21,23). The number of thiazole rings is 1. The van der Waals surface area contributed by atoms with Gasteiger partial charge in [0, 0.05) is 30.1 Å². The number of hydrogen-bond acceptors (Lipinski definition) is 4. The quantitative estimate of drug-likeness (QED) is 0.806. The lowest BCUT2D eigenvalue weighted by Gasteiger charge is -2.20. The maximum absolute atomic E-state index is 13.2. The van der Waals surface area contributed by atoms with Crippen LogP contribution in [0.2, 0.25) is 0 Å². The second kappa shape index (κ2) is 8.66. The Hall–Kier alpha value is -2.35. The molecule has 134 valence electrons. The summed E-state index contributed by atoms with van der Waals surface area (Å²) in [6, 6.07) is 2.55. The van der Waals surface area contributed by atoms with Gasteiger partial charge < -0.3 is 4.90 Å². The third-order valence-electron chi connectivity index (χ3n) is 3.34. The second-order valence-corrected chi connectivity index (χ2v) is 6.30. The van der Waals surface area contributed by atoms with Crippen molar-refractivity contribution in [3.05, 3.63) is 46.5 Å². The van der Waals surface area contributed by atoms with E-state index in [2.05, 4.69) is 10.3 Å². The number of carbonyl (C=O) groups excluding carboxylic acids is 2. The maximum Gasteiger partial charge on any atom is 0.273 e. The smallest absolute Gasteiger partial charge is 0.273 e. The molecule has 1 N–H and O–H groups in total. The Bertz CT molecular complexity index is 738. The lowest BCUT2D eigenvalue weighted by atomic mass is 10.2. The summed E-state index contributed by atoms with van der Waals surface area (Å²) < 4.78 is 26.4. The number of benzene rings is 1. The van der Waals surface area contributed by atoms with Crippen LogP contribution in [0.4, 0.5) is 13.9 Å². The average Bonchev–Trinajstić information content (AvgIpc) is 3.01. The molecule has 0 aliphatic heterocycles. The minimum absolute atomic E-state index is 0.154. The lowest BCUT2D eigenvalue weighted by Crippen LogP contribution is -2.32. The summed E-state index contributed by atoms with van der Waals surface area (Å²) >= 11 is 1.08. The molecule has 1 aromatic heterocycles. The minimum atomic E-state index is -0.838. The van der Waals surface area contributed by atoms with Crippen LogP contribution >= 0.6 is 11.3 Å². The minimum Gasteiger partial charge on any atom is -0.337 e. The molecule has 0 unspecified atom stereocenters. The molecule has 0 spiro atoms. The van der Waals surface area contributed by atoms with Crippen LogP contribution in [0.1, 0.15) is 47.5 Å². The number of nitrogens with one attached hydrogen (secondary N) is 1. The third-order valence-corrected chi connectivity index (χ3v) is 4.10. The van der Waals surface area contributed by atoms with Gasteiger partial charge in [0.1, 0.15) is 17.3 Å². The zero-order valence-electron chi connectivity index (χ0n) is 14.0. The van der Waals surface area contributed by atoms with Crippen LogP contribution in [0.25, 0.3) is 0 Å². The SMILES string of the molecule is CCCN(CCC)C(=O)c1csc(NC(=O)c2cc(F)cc(F)c2)n1. The summed E-state index contributed by atoms with van der Waals surface area (Å²) in [5.41, 5.74) is 0.0896. The van der Waals surface area contributed by atoms with Crippen molar-refractivity contribution in [1.29, 1.82) is 0 Å². The zero-order chi connectivity index (χ0) is 18.4.